The van der Waals surface area contributed by atoms with Crippen molar-refractivity contribution in [2.75, 3.05) is 10.6 Å². The van der Waals surface area contributed by atoms with Crippen LogP contribution in [-0.4, -0.2) is 22.0 Å². The summed E-state index contributed by atoms with van der Waals surface area (Å²) in [6.07, 6.45) is 5.42. The van der Waals surface area contributed by atoms with Gasteiger partial charge in [0.15, 0.2) is 5.13 Å². The lowest BCUT2D eigenvalue weighted by molar-refractivity contribution is -0.120. The summed E-state index contributed by atoms with van der Waals surface area (Å²) in [5.74, 6) is 0.113. The van der Waals surface area contributed by atoms with Gasteiger partial charge in [0.05, 0.1) is 10.9 Å². The highest BCUT2D eigenvalue weighted by atomic mass is 32.2. The van der Waals surface area contributed by atoms with Gasteiger partial charge in [-0.3, -0.25) is 9.59 Å². The zero-order chi connectivity index (χ0) is 24.9. The Morgan fingerprint density at radius 1 is 0.944 bits per heavy atom. The summed E-state index contributed by atoms with van der Waals surface area (Å²) in [4.78, 5) is 31.0. The zero-order valence-electron chi connectivity index (χ0n) is 20.2. The van der Waals surface area contributed by atoms with Crippen LogP contribution in [0.5, 0.6) is 0 Å². The Labute approximate surface area is 219 Å². The van der Waals surface area contributed by atoms with Gasteiger partial charge in [0.2, 0.25) is 11.8 Å². The van der Waals surface area contributed by atoms with Crippen LogP contribution in [0.15, 0.2) is 77.0 Å². The first-order valence-corrected chi connectivity index (χ1v) is 14.1. The summed E-state index contributed by atoms with van der Waals surface area (Å²) in [5, 5.41) is 10.6. The SMILES string of the molecule is CC(Sc1cccc(NC(=O)C2CCCCC2)c1)C(=O)Nc1nc(-c2ccc3ccccc3c2)cs1. The van der Waals surface area contributed by atoms with Gasteiger partial charge in [-0.2, -0.15) is 0 Å². The van der Waals surface area contributed by atoms with Crippen molar-refractivity contribution >= 4 is 56.5 Å². The number of hydrogen-bond donors (Lipinski definition) is 2. The highest BCUT2D eigenvalue weighted by molar-refractivity contribution is 8.00. The van der Waals surface area contributed by atoms with Crippen molar-refractivity contribution < 1.29 is 9.59 Å². The van der Waals surface area contributed by atoms with E-state index in [0.717, 1.165) is 52.9 Å². The molecule has 1 heterocycles. The first kappa shape index (κ1) is 24.5. The molecule has 0 bridgehead atoms. The van der Waals surface area contributed by atoms with Crippen LogP contribution in [0.2, 0.25) is 0 Å². The molecule has 36 heavy (non-hydrogen) atoms. The van der Waals surface area contributed by atoms with Gasteiger partial charge >= 0.3 is 0 Å². The maximum absolute atomic E-state index is 12.9. The van der Waals surface area contributed by atoms with Crippen molar-refractivity contribution in [1.29, 1.82) is 0 Å². The van der Waals surface area contributed by atoms with E-state index in [-0.39, 0.29) is 23.0 Å². The molecule has 1 fully saturated rings. The second-order valence-corrected chi connectivity index (χ2v) is 11.5. The minimum atomic E-state index is -0.317. The van der Waals surface area contributed by atoms with Crippen molar-refractivity contribution in [3.05, 3.63) is 72.1 Å². The van der Waals surface area contributed by atoms with Crippen LogP contribution in [0.1, 0.15) is 39.0 Å². The van der Waals surface area contributed by atoms with E-state index in [1.807, 2.05) is 48.7 Å². The van der Waals surface area contributed by atoms with Crippen LogP contribution in [0.4, 0.5) is 10.8 Å². The van der Waals surface area contributed by atoms with Crippen LogP contribution >= 0.6 is 23.1 Å². The molecule has 5 nitrogen and oxygen atoms in total. The van der Waals surface area contributed by atoms with E-state index in [2.05, 4.69) is 45.9 Å². The molecule has 1 aromatic heterocycles. The fourth-order valence-corrected chi connectivity index (χ4v) is 6.18. The summed E-state index contributed by atoms with van der Waals surface area (Å²) in [6.45, 7) is 1.88. The number of thiazole rings is 1. The largest absolute Gasteiger partial charge is 0.326 e. The fourth-order valence-electron chi connectivity index (χ4n) is 4.53. The molecule has 1 unspecified atom stereocenters. The Bertz CT molecular complexity index is 1380. The fraction of sp³-hybridized carbons (Fsp3) is 0.276. The minimum Gasteiger partial charge on any atom is -0.326 e. The quantitative estimate of drug-likeness (QED) is 0.249. The smallest absolute Gasteiger partial charge is 0.239 e. The molecule has 2 amide bonds. The van der Waals surface area contributed by atoms with Crippen LogP contribution in [-0.2, 0) is 9.59 Å². The van der Waals surface area contributed by atoms with E-state index in [0.29, 0.717) is 5.13 Å². The first-order valence-electron chi connectivity index (χ1n) is 12.4. The number of nitrogens with one attached hydrogen (secondary N) is 2. The highest BCUT2D eigenvalue weighted by Gasteiger charge is 2.21. The number of carbonyl (C=O) groups is 2. The molecule has 0 radical (unpaired) electrons. The number of amides is 2. The molecule has 1 aliphatic carbocycles. The van der Waals surface area contributed by atoms with Crippen LogP contribution in [0, 0.1) is 5.92 Å². The average Bonchev–Trinajstić information content (AvgIpc) is 3.37. The standard InChI is InChI=1S/C29H29N3O2S2/c1-19(36-25-13-7-12-24(17-25)30-28(34)21-9-3-2-4-10-21)27(33)32-29-31-26(18-35-29)23-15-14-20-8-5-6-11-22(20)16-23/h5-8,11-19,21H,2-4,9-10H2,1H3,(H,30,34)(H,31,32,33). The number of aromatic nitrogens is 1. The minimum absolute atomic E-state index is 0.101. The molecule has 0 aliphatic heterocycles. The third-order valence-corrected chi connectivity index (χ3v) is 8.39. The molecule has 1 atom stereocenters. The molecule has 7 heteroatoms. The summed E-state index contributed by atoms with van der Waals surface area (Å²) >= 11 is 2.89. The summed E-state index contributed by atoms with van der Waals surface area (Å²) < 4.78 is 0. The van der Waals surface area contributed by atoms with E-state index < -0.39 is 0 Å². The maximum Gasteiger partial charge on any atom is 0.239 e. The van der Waals surface area contributed by atoms with Gasteiger partial charge in [-0.05, 0) is 54.8 Å². The van der Waals surface area contributed by atoms with Crippen molar-refractivity contribution in [3.8, 4) is 11.3 Å². The summed E-state index contributed by atoms with van der Waals surface area (Å²) in [7, 11) is 0. The predicted octanol–water partition coefficient (Wildman–Crippen LogP) is 7.60. The van der Waals surface area contributed by atoms with Crippen molar-refractivity contribution in [2.45, 2.75) is 49.2 Å². The number of benzene rings is 3. The Balaban J connectivity index is 1.19. The van der Waals surface area contributed by atoms with Gasteiger partial charge in [0.25, 0.3) is 0 Å². The Morgan fingerprint density at radius 3 is 2.58 bits per heavy atom. The van der Waals surface area contributed by atoms with Gasteiger partial charge in [-0.25, -0.2) is 4.98 Å². The number of anilines is 2. The van der Waals surface area contributed by atoms with Gasteiger partial charge < -0.3 is 10.6 Å². The molecule has 0 spiro atoms. The first-order chi connectivity index (χ1) is 17.5. The predicted molar refractivity (Wildman–Crippen MR) is 151 cm³/mol. The number of carbonyl (C=O) groups excluding carboxylic acids is 2. The maximum atomic E-state index is 12.9. The van der Waals surface area contributed by atoms with Crippen LogP contribution in [0.25, 0.3) is 22.0 Å². The average molecular weight is 516 g/mol. The molecule has 2 N–H and O–H groups in total. The molecule has 5 rings (SSSR count). The molecule has 184 valence electrons. The third-order valence-electron chi connectivity index (χ3n) is 6.54. The van der Waals surface area contributed by atoms with Crippen molar-refractivity contribution in [3.63, 3.8) is 0 Å². The van der Waals surface area contributed by atoms with E-state index in [1.54, 1.807) is 0 Å². The molecule has 1 aliphatic rings. The van der Waals surface area contributed by atoms with Crippen molar-refractivity contribution in [1.82, 2.24) is 4.98 Å². The van der Waals surface area contributed by atoms with Gasteiger partial charge in [0, 0.05) is 27.4 Å². The Morgan fingerprint density at radius 2 is 1.75 bits per heavy atom. The monoisotopic (exact) mass is 515 g/mol. The second kappa shape index (κ2) is 11.3. The zero-order valence-corrected chi connectivity index (χ0v) is 21.8. The lowest BCUT2D eigenvalue weighted by atomic mass is 9.88. The lowest BCUT2D eigenvalue weighted by Gasteiger charge is -2.21. The van der Waals surface area contributed by atoms with E-state index in [4.69, 9.17) is 0 Å². The lowest BCUT2D eigenvalue weighted by Crippen LogP contribution is -2.24. The molecule has 0 saturated heterocycles. The number of fused-ring (bicyclic) bond motifs is 1. The molecular formula is C29H29N3O2S2. The van der Waals surface area contributed by atoms with Gasteiger partial charge in [-0.1, -0.05) is 61.7 Å². The molecule has 4 aromatic rings. The Hall–Kier alpha value is -3.16. The normalized spacial score (nSPS) is 14.9. The number of nitrogens with zero attached hydrogens (tertiary/aromatic N) is 1. The number of hydrogen-bond acceptors (Lipinski definition) is 5. The van der Waals surface area contributed by atoms with E-state index >= 15 is 0 Å². The molecule has 1 saturated carbocycles. The number of rotatable bonds is 7. The van der Waals surface area contributed by atoms with Crippen LogP contribution < -0.4 is 10.6 Å². The summed E-state index contributed by atoms with van der Waals surface area (Å²) in [5.41, 5.74) is 2.66. The number of thioether (sulfide) groups is 1. The van der Waals surface area contributed by atoms with E-state index in [9.17, 15) is 9.59 Å². The van der Waals surface area contributed by atoms with Gasteiger partial charge in [0.1, 0.15) is 0 Å². The topological polar surface area (TPSA) is 71.1 Å². The summed E-state index contributed by atoms with van der Waals surface area (Å²) in [6, 6.07) is 22.2. The molecule has 3 aromatic carbocycles. The molecular weight excluding hydrogens is 486 g/mol. The van der Waals surface area contributed by atoms with E-state index in [1.165, 1.54) is 34.9 Å². The van der Waals surface area contributed by atoms with Crippen molar-refractivity contribution in [2.24, 2.45) is 5.92 Å². The Kier molecular flexibility index (Phi) is 7.68. The second-order valence-electron chi connectivity index (χ2n) is 9.20. The van der Waals surface area contributed by atoms with Crippen LogP contribution in [0.3, 0.4) is 0 Å². The highest BCUT2D eigenvalue weighted by Crippen LogP contribution is 2.31. The third kappa shape index (κ3) is 5.97. The van der Waals surface area contributed by atoms with Gasteiger partial charge in [-0.15, -0.1) is 23.1 Å².